The maximum atomic E-state index is 4.56. The van der Waals surface area contributed by atoms with E-state index < -0.39 is 0 Å². The van der Waals surface area contributed by atoms with Crippen LogP contribution in [0.2, 0.25) is 0 Å². The highest BCUT2D eigenvalue weighted by Gasteiger charge is 2.31. The van der Waals surface area contributed by atoms with Crippen LogP contribution < -0.4 is 5.32 Å². The van der Waals surface area contributed by atoms with Crippen LogP contribution in [0.1, 0.15) is 56.5 Å². The predicted octanol–water partition coefficient (Wildman–Crippen LogP) is 3.45. The predicted molar refractivity (Wildman–Crippen MR) is 85.1 cm³/mol. The number of nitrogens with zero attached hydrogens (tertiary/aromatic N) is 2. The molecule has 112 valence electrons. The van der Waals surface area contributed by atoms with Crippen molar-refractivity contribution in [3.05, 3.63) is 16.6 Å². The summed E-state index contributed by atoms with van der Waals surface area (Å²) >= 11 is 1.81. The molecule has 0 amide bonds. The first-order chi connectivity index (χ1) is 9.88. The number of aromatic nitrogens is 1. The van der Waals surface area contributed by atoms with Crippen molar-refractivity contribution >= 4 is 11.3 Å². The first kappa shape index (κ1) is 14.5. The molecule has 3 nitrogen and oxygen atoms in total. The molecule has 1 aliphatic carbocycles. The zero-order valence-corrected chi connectivity index (χ0v) is 13.4. The Hall–Kier alpha value is -0.450. The van der Waals surface area contributed by atoms with E-state index in [2.05, 4.69) is 27.5 Å². The molecule has 0 bridgehead atoms. The molecule has 0 radical (unpaired) electrons. The Bertz CT molecular complexity index is 386. The topological polar surface area (TPSA) is 28.2 Å². The van der Waals surface area contributed by atoms with Crippen LogP contribution in [0.3, 0.4) is 0 Å². The quantitative estimate of drug-likeness (QED) is 0.921. The molecule has 2 atom stereocenters. The van der Waals surface area contributed by atoms with E-state index >= 15 is 0 Å². The SMILES string of the molecule is CCC(c1nccs1)N1CCNC(C2CCCCC2)C1. The van der Waals surface area contributed by atoms with Gasteiger partial charge in [0.1, 0.15) is 5.01 Å². The molecule has 2 aliphatic rings. The van der Waals surface area contributed by atoms with Gasteiger partial charge in [-0.3, -0.25) is 4.90 Å². The van der Waals surface area contributed by atoms with Gasteiger partial charge in [-0.1, -0.05) is 26.2 Å². The summed E-state index contributed by atoms with van der Waals surface area (Å²) in [6.07, 6.45) is 10.3. The number of hydrogen-bond acceptors (Lipinski definition) is 4. The molecule has 3 rings (SSSR count). The van der Waals surface area contributed by atoms with Gasteiger partial charge in [-0.25, -0.2) is 4.98 Å². The highest BCUT2D eigenvalue weighted by atomic mass is 32.1. The minimum Gasteiger partial charge on any atom is -0.311 e. The molecule has 1 N–H and O–H groups in total. The summed E-state index contributed by atoms with van der Waals surface area (Å²) < 4.78 is 0. The molecule has 0 spiro atoms. The fourth-order valence-corrected chi connectivity index (χ4v) is 4.78. The van der Waals surface area contributed by atoms with Crippen LogP contribution >= 0.6 is 11.3 Å². The van der Waals surface area contributed by atoms with Gasteiger partial charge in [-0.15, -0.1) is 11.3 Å². The van der Waals surface area contributed by atoms with E-state index in [0.717, 1.165) is 12.5 Å². The van der Waals surface area contributed by atoms with Crippen molar-refractivity contribution in [3.8, 4) is 0 Å². The minimum atomic E-state index is 0.531. The number of piperazine rings is 1. The number of thiazole rings is 1. The van der Waals surface area contributed by atoms with Gasteiger partial charge < -0.3 is 5.32 Å². The number of hydrogen-bond donors (Lipinski definition) is 1. The normalized spacial score (nSPS) is 27.6. The first-order valence-corrected chi connectivity index (χ1v) is 9.13. The molecule has 1 saturated carbocycles. The zero-order valence-electron chi connectivity index (χ0n) is 12.6. The lowest BCUT2D eigenvalue weighted by molar-refractivity contribution is 0.105. The van der Waals surface area contributed by atoms with Crippen LogP contribution in [-0.2, 0) is 0 Å². The van der Waals surface area contributed by atoms with Crippen molar-refractivity contribution in [1.29, 1.82) is 0 Å². The van der Waals surface area contributed by atoms with Crippen LogP contribution in [0.4, 0.5) is 0 Å². The molecule has 1 saturated heterocycles. The molecule has 1 aliphatic heterocycles. The van der Waals surface area contributed by atoms with Gasteiger partial charge in [0, 0.05) is 37.3 Å². The summed E-state index contributed by atoms with van der Waals surface area (Å²) in [6, 6.07) is 1.24. The van der Waals surface area contributed by atoms with E-state index in [0.29, 0.717) is 12.1 Å². The minimum absolute atomic E-state index is 0.531. The number of rotatable bonds is 4. The molecular weight excluding hydrogens is 266 g/mol. The van der Waals surface area contributed by atoms with Crippen molar-refractivity contribution in [1.82, 2.24) is 15.2 Å². The molecule has 4 heteroatoms. The molecule has 1 aromatic heterocycles. The maximum absolute atomic E-state index is 4.56. The maximum Gasteiger partial charge on any atom is 0.110 e. The van der Waals surface area contributed by atoms with Crippen LogP contribution in [0, 0.1) is 5.92 Å². The van der Waals surface area contributed by atoms with Gasteiger partial charge in [-0.05, 0) is 25.2 Å². The van der Waals surface area contributed by atoms with Gasteiger partial charge in [-0.2, -0.15) is 0 Å². The van der Waals surface area contributed by atoms with E-state index in [1.54, 1.807) is 0 Å². The highest BCUT2D eigenvalue weighted by Crippen LogP contribution is 2.31. The molecule has 1 aromatic rings. The third-order valence-electron chi connectivity index (χ3n) is 5.02. The van der Waals surface area contributed by atoms with E-state index in [4.69, 9.17) is 0 Å². The standard InChI is InChI=1S/C16H27N3S/c1-2-15(16-18-9-11-20-16)19-10-8-17-14(12-19)13-6-4-3-5-7-13/h9,11,13-15,17H,2-8,10,12H2,1H3. The summed E-state index contributed by atoms with van der Waals surface area (Å²) in [4.78, 5) is 7.23. The van der Waals surface area contributed by atoms with Gasteiger partial charge in [0.05, 0.1) is 6.04 Å². The molecular formula is C16H27N3S. The van der Waals surface area contributed by atoms with Crippen molar-refractivity contribution in [3.63, 3.8) is 0 Å². The Morgan fingerprint density at radius 2 is 2.25 bits per heavy atom. The Morgan fingerprint density at radius 3 is 2.95 bits per heavy atom. The Balaban J connectivity index is 1.64. The average Bonchev–Trinajstić information content (AvgIpc) is 3.03. The summed E-state index contributed by atoms with van der Waals surface area (Å²) in [5, 5.41) is 7.20. The monoisotopic (exact) mass is 293 g/mol. The van der Waals surface area contributed by atoms with Crippen molar-refractivity contribution in [2.24, 2.45) is 5.92 Å². The number of nitrogens with one attached hydrogen (secondary N) is 1. The molecule has 20 heavy (non-hydrogen) atoms. The second-order valence-electron chi connectivity index (χ2n) is 6.25. The average molecular weight is 293 g/mol. The summed E-state index contributed by atoms with van der Waals surface area (Å²) in [5.74, 6) is 0.903. The van der Waals surface area contributed by atoms with E-state index in [9.17, 15) is 0 Å². The van der Waals surface area contributed by atoms with Crippen molar-refractivity contribution in [2.45, 2.75) is 57.5 Å². The van der Waals surface area contributed by atoms with Crippen LogP contribution in [-0.4, -0.2) is 35.6 Å². The van der Waals surface area contributed by atoms with Gasteiger partial charge in [0.15, 0.2) is 0 Å². The smallest absolute Gasteiger partial charge is 0.110 e. The third-order valence-corrected chi connectivity index (χ3v) is 5.90. The van der Waals surface area contributed by atoms with Crippen molar-refractivity contribution < 1.29 is 0 Å². The lowest BCUT2D eigenvalue weighted by atomic mass is 9.83. The van der Waals surface area contributed by atoms with E-state index in [1.807, 2.05) is 17.5 Å². The van der Waals surface area contributed by atoms with Gasteiger partial charge >= 0.3 is 0 Å². The summed E-state index contributed by atoms with van der Waals surface area (Å²) in [6.45, 7) is 5.82. The summed E-state index contributed by atoms with van der Waals surface area (Å²) in [5.41, 5.74) is 0. The molecule has 2 unspecified atom stereocenters. The second kappa shape index (κ2) is 7.01. The van der Waals surface area contributed by atoms with Crippen LogP contribution in [0.5, 0.6) is 0 Å². The lowest BCUT2D eigenvalue weighted by Gasteiger charge is -2.42. The van der Waals surface area contributed by atoms with Gasteiger partial charge in [0.25, 0.3) is 0 Å². The summed E-state index contributed by atoms with van der Waals surface area (Å²) in [7, 11) is 0. The van der Waals surface area contributed by atoms with Gasteiger partial charge in [0.2, 0.25) is 0 Å². The van der Waals surface area contributed by atoms with E-state index in [1.165, 1.54) is 56.6 Å². The van der Waals surface area contributed by atoms with Crippen LogP contribution in [0.15, 0.2) is 11.6 Å². The van der Waals surface area contributed by atoms with Crippen LogP contribution in [0.25, 0.3) is 0 Å². The zero-order chi connectivity index (χ0) is 13.8. The molecule has 2 fully saturated rings. The fraction of sp³-hybridized carbons (Fsp3) is 0.812. The molecule has 0 aromatic carbocycles. The van der Waals surface area contributed by atoms with Crippen molar-refractivity contribution in [2.75, 3.05) is 19.6 Å². The molecule has 2 heterocycles. The largest absolute Gasteiger partial charge is 0.311 e. The Kier molecular flexibility index (Phi) is 5.08. The highest BCUT2D eigenvalue weighted by molar-refractivity contribution is 7.09. The Labute approximate surface area is 126 Å². The Morgan fingerprint density at radius 1 is 1.40 bits per heavy atom. The second-order valence-corrected chi connectivity index (χ2v) is 7.17. The fourth-order valence-electron chi connectivity index (χ4n) is 3.93. The first-order valence-electron chi connectivity index (χ1n) is 8.25. The third kappa shape index (κ3) is 3.23. The lowest BCUT2D eigenvalue weighted by Crippen LogP contribution is -2.54. The van der Waals surface area contributed by atoms with E-state index in [-0.39, 0.29) is 0 Å².